The van der Waals surface area contributed by atoms with Gasteiger partial charge in [0, 0.05) is 12.8 Å². The summed E-state index contributed by atoms with van der Waals surface area (Å²) in [7, 11) is 6.01. The largest absolute Gasteiger partial charge is 0.477 e. The van der Waals surface area contributed by atoms with Gasteiger partial charge in [-0.2, -0.15) is 0 Å². The molecule has 0 aromatic heterocycles. The molecule has 2 unspecified atom stereocenters. The highest BCUT2D eigenvalue weighted by Gasteiger charge is 2.25. The Morgan fingerprint density at radius 1 is 0.286 bits per heavy atom. The molecule has 2 atom stereocenters. The molecule has 0 saturated heterocycles. The van der Waals surface area contributed by atoms with E-state index in [9.17, 15) is 19.5 Å². The lowest BCUT2D eigenvalue weighted by molar-refractivity contribution is -0.870. The van der Waals surface area contributed by atoms with Gasteiger partial charge in [-0.25, -0.2) is 4.79 Å². The Kier molecular flexibility index (Phi) is 84.6. The predicted molar refractivity (Wildman–Crippen MR) is 457 cm³/mol. The van der Waals surface area contributed by atoms with Gasteiger partial charge in [-0.15, -0.1) is 0 Å². The molecule has 1 N–H and O–H groups in total. The zero-order chi connectivity index (χ0) is 76.0. The van der Waals surface area contributed by atoms with E-state index in [1.807, 2.05) is 21.1 Å². The van der Waals surface area contributed by atoms with Crippen LogP contribution in [-0.4, -0.2) is 87.4 Å². The van der Waals surface area contributed by atoms with Crippen LogP contribution in [0.4, 0.5) is 0 Å². The van der Waals surface area contributed by atoms with E-state index in [4.69, 9.17) is 18.9 Å². The van der Waals surface area contributed by atoms with Gasteiger partial charge in [0.2, 0.25) is 0 Å². The number of quaternary nitrogens is 1. The standard InChI is InChI=1S/C96H181NO8/c1-6-8-10-12-14-16-18-20-22-24-26-28-30-32-34-36-38-40-42-44-46-47-49-51-53-55-57-59-61-63-65-67-69-71-73-75-77-79-81-83-85-87-94(99)105-92(91-104-96(95(100)101)102-89-88-97(3,4)5)90-103-93(98)86-84-82-80-78-76-74-72-70-68-66-64-62-60-58-56-54-52-50-48-45-43-41-39-37-35-33-31-29-27-25-23-21-19-17-15-13-11-9-7-2/h18-21,24-27,92,96H,6-17,22-23,28-91H2,1-5H3/p+1/b20-18-,21-19-,26-24-,27-25-. The van der Waals surface area contributed by atoms with Crippen molar-refractivity contribution in [3.05, 3.63) is 48.6 Å². The Morgan fingerprint density at radius 2 is 0.514 bits per heavy atom. The summed E-state index contributed by atoms with van der Waals surface area (Å²) in [6.45, 7) is 4.95. The molecule has 0 heterocycles. The topological polar surface area (TPSA) is 108 Å². The number of hydrogen-bond donors (Lipinski definition) is 1. The minimum absolute atomic E-state index is 0.174. The Hall–Kier alpha value is -2.75. The van der Waals surface area contributed by atoms with Crippen LogP contribution in [0.15, 0.2) is 48.6 Å². The summed E-state index contributed by atoms with van der Waals surface area (Å²) in [6, 6.07) is 0. The molecule has 0 aliphatic carbocycles. The zero-order valence-electron chi connectivity index (χ0n) is 71.2. The van der Waals surface area contributed by atoms with E-state index in [-0.39, 0.29) is 38.2 Å². The molecule has 0 radical (unpaired) electrons. The van der Waals surface area contributed by atoms with Gasteiger partial charge in [-0.05, 0) is 77.0 Å². The van der Waals surface area contributed by atoms with Gasteiger partial charge in [-0.3, -0.25) is 9.59 Å². The summed E-state index contributed by atoms with van der Waals surface area (Å²) < 4.78 is 23.1. The lowest BCUT2D eigenvalue weighted by Crippen LogP contribution is -2.40. The molecule has 0 fully saturated rings. The van der Waals surface area contributed by atoms with E-state index in [0.29, 0.717) is 17.4 Å². The highest BCUT2D eigenvalue weighted by atomic mass is 16.7. The molecule has 0 spiro atoms. The number of allylic oxidation sites excluding steroid dienone is 8. The first-order valence-corrected chi connectivity index (χ1v) is 46.8. The van der Waals surface area contributed by atoms with Crippen LogP contribution >= 0.6 is 0 Å². The minimum atomic E-state index is -1.51. The number of esters is 2. The molecule has 0 aliphatic heterocycles. The molecule has 9 nitrogen and oxygen atoms in total. The number of nitrogens with zero attached hydrogens (tertiary/aromatic N) is 1. The minimum Gasteiger partial charge on any atom is -0.477 e. The Bertz CT molecular complexity index is 1870. The molecule has 0 aromatic carbocycles. The molecular weight excluding hydrogens is 1300 g/mol. The lowest BCUT2D eigenvalue weighted by atomic mass is 10.0. The SMILES string of the molecule is CCCCCCC/C=C\C/C=C\CCCCCCCCCCCCCCCCCCCCCCCCCCCCCCCC(=O)OC(COC(=O)CCCCCCCCCCCCCCCCCCCCCCCCCCCCC/C=C\C/C=C\CCCCCCC)COC(OCC[N+](C)(C)C)C(=O)O. The zero-order valence-corrected chi connectivity index (χ0v) is 71.2. The van der Waals surface area contributed by atoms with Crippen molar-refractivity contribution < 1.29 is 42.9 Å². The molecule has 0 aliphatic rings. The van der Waals surface area contributed by atoms with Crippen molar-refractivity contribution >= 4 is 17.9 Å². The van der Waals surface area contributed by atoms with Crippen molar-refractivity contribution in [2.75, 3.05) is 47.5 Å². The normalized spacial score (nSPS) is 12.7. The maximum atomic E-state index is 13.0. The van der Waals surface area contributed by atoms with Crippen molar-refractivity contribution in [1.82, 2.24) is 0 Å². The predicted octanol–water partition coefficient (Wildman–Crippen LogP) is 30.7. The van der Waals surface area contributed by atoms with E-state index in [1.54, 1.807) is 0 Å². The molecule has 0 saturated carbocycles. The summed E-state index contributed by atoms with van der Waals surface area (Å²) in [5.41, 5.74) is 0. The van der Waals surface area contributed by atoms with Gasteiger partial charge in [0.05, 0.1) is 34.4 Å². The number of likely N-dealkylation sites (N-methyl/N-ethyl adjacent to an activating group) is 1. The maximum absolute atomic E-state index is 13.0. The molecule has 618 valence electrons. The number of hydrogen-bond acceptors (Lipinski definition) is 7. The van der Waals surface area contributed by atoms with E-state index in [0.717, 1.165) is 51.4 Å². The van der Waals surface area contributed by atoms with Crippen LogP contribution in [0.5, 0.6) is 0 Å². The van der Waals surface area contributed by atoms with Crippen molar-refractivity contribution in [3.63, 3.8) is 0 Å². The van der Waals surface area contributed by atoms with E-state index in [2.05, 4.69) is 62.5 Å². The summed E-state index contributed by atoms with van der Waals surface area (Å²) in [5.74, 6) is -1.96. The third-order valence-electron chi connectivity index (χ3n) is 21.6. The van der Waals surface area contributed by atoms with Crippen LogP contribution in [0.3, 0.4) is 0 Å². The third kappa shape index (κ3) is 88.3. The Balaban J connectivity index is 3.87. The number of carboxylic acid groups (broad SMARTS) is 1. The van der Waals surface area contributed by atoms with Gasteiger partial charge >= 0.3 is 17.9 Å². The van der Waals surface area contributed by atoms with E-state index >= 15 is 0 Å². The molecule has 0 aromatic rings. The van der Waals surface area contributed by atoms with Gasteiger partial charge in [-0.1, -0.05) is 448 Å². The van der Waals surface area contributed by atoms with Crippen molar-refractivity contribution in [2.45, 2.75) is 501 Å². The van der Waals surface area contributed by atoms with Crippen molar-refractivity contribution in [1.29, 1.82) is 0 Å². The Labute approximate surface area is 654 Å². The molecular formula is C96H182NO8+. The van der Waals surface area contributed by atoms with E-state index in [1.165, 1.54) is 411 Å². The van der Waals surface area contributed by atoms with Gasteiger partial charge in [0.1, 0.15) is 13.2 Å². The number of carboxylic acids is 1. The molecule has 0 bridgehead atoms. The van der Waals surface area contributed by atoms with Crippen LogP contribution in [-0.2, 0) is 33.3 Å². The quantitative estimate of drug-likeness (QED) is 0.0211. The number of aliphatic carboxylic acids is 1. The second-order valence-electron chi connectivity index (χ2n) is 33.3. The van der Waals surface area contributed by atoms with Gasteiger partial charge in [0.15, 0.2) is 6.10 Å². The fourth-order valence-corrected chi connectivity index (χ4v) is 14.4. The third-order valence-corrected chi connectivity index (χ3v) is 21.6. The molecule has 0 amide bonds. The second kappa shape index (κ2) is 86.8. The average molecular weight is 1480 g/mol. The molecule has 0 rings (SSSR count). The monoisotopic (exact) mass is 1480 g/mol. The van der Waals surface area contributed by atoms with Crippen LogP contribution in [0.25, 0.3) is 0 Å². The van der Waals surface area contributed by atoms with E-state index < -0.39 is 18.4 Å². The number of unbranched alkanes of at least 4 members (excludes halogenated alkanes) is 66. The van der Waals surface area contributed by atoms with Gasteiger partial charge < -0.3 is 28.5 Å². The van der Waals surface area contributed by atoms with Crippen molar-refractivity contribution in [2.24, 2.45) is 0 Å². The lowest BCUT2D eigenvalue weighted by Gasteiger charge is -2.25. The fourth-order valence-electron chi connectivity index (χ4n) is 14.4. The fraction of sp³-hybridized carbons (Fsp3) is 0.885. The Morgan fingerprint density at radius 3 is 0.752 bits per heavy atom. The second-order valence-corrected chi connectivity index (χ2v) is 33.3. The number of rotatable bonds is 89. The van der Waals surface area contributed by atoms with Crippen LogP contribution in [0, 0.1) is 0 Å². The van der Waals surface area contributed by atoms with Crippen molar-refractivity contribution in [3.8, 4) is 0 Å². The first-order valence-electron chi connectivity index (χ1n) is 46.8. The first kappa shape index (κ1) is 102. The van der Waals surface area contributed by atoms with Crippen LogP contribution in [0.1, 0.15) is 489 Å². The highest BCUT2D eigenvalue weighted by Crippen LogP contribution is 2.21. The summed E-state index contributed by atoms with van der Waals surface area (Å²) >= 11 is 0. The summed E-state index contributed by atoms with van der Waals surface area (Å²) in [5, 5.41) is 9.80. The summed E-state index contributed by atoms with van der Waals surface area (Å²) in [6.07, 6.45) is 113. The molecule has 105 heavy (non-hydrogen) atoms. The summed E-state index contributed by atoms with van der Waals surface area (Å²) in [4.78, 5) is 37.9. The molecule has 9 heteroatoms. The van der Waals surface area contributed by atoms with Gasteiger partial charge in [0.25, 0.3) is 6.29 Å². The maximum Gasteiger partial charge on any atom is 0.361 e. The highest BCUT2D eigenvalue weighted by molar-refractivity contribution is 5.71. The number of carbonyl (C=O) groups is 3. The first-order chi connectivity index (χ1) is 51.6. The van der Waals surface area contributed by atoms with Crippen LogP contribution < -0.4 is 0 Å². The average Bonchev–Trinajstić information content (AvgIpc) is 1.18. The van der Waals surface area contributed by atoms with Crippen LogP contribution in [0.2, 0.25) is 0 Å². The smallest absolute Gasteiger partial charge is 0.361 e. The number of carbonyl (C=O) groups excluding carboxylic acids is 2. The number of ether oxygens (including phenoxy) is 4.